The van der Waals surface area contributed by atoms with Crippen LogP contribution in [0.3, 0.4) is 0 Å². The van der Waals surface area contributed by atoms with Crippen LogP contribution in [0.1, 0.15) is 17.7 Å². The number of fused-ring (bicyclic) bond motifs is 1. The monoisotopic (exact) mass is 460 g/mol. The lowest BCUT2D eigenvalue weighted by Gasteiger charge is -2.18. The molecule has 0 saturated carbocycles. The summed E-state index contributed by atoms with van der Waals surface area (Å²) in [6.45, 7) is 0.548. The molecule has 0 bridgehead atoms. The summed E-state index contributed by atoms with van der Waals surface area (Å²) < 4.78 is 48.3. The molecule has 1 amide bonds. The number of nitriles is 1. The van der Waals surface area contributed by atoms with Gasteiger partial charge in [0.2, 0.25) is 5.91 Å². The van der Waals surface area contributed by atoms with Crippen molar-refractivity contribution >= 4 is 16.9 Å². The summed E-state index contributed by atoms with van der Waals surface area (Å²) in [5.41, 5.74) is 0.496. The first-order valence-corrected chi connectivity index (χ1v) is 10.1. The van der Waals surface area contributed by atoms with Crippen LogP contribution in [0, 0.1) is 11.3 Å². The van der Waals surface area contributed by atoms with Crippen LogP contribution in [-0.2, 0) is 18.0 Å². The lowest BCUT2D eigenvalue weighted by atomic mass is 10.1. The second-order valence-electron chi connectivity index (χ2n) is 7.45. The molecule has 0 unspecified atom stereocenters. The summed E-state index contributed by atoms with van der Waals surface area (Å²) in [5.74, 6) is -0.426. The van der Waals surface area contributed by atoms with Crippen LogP contribution in [0.5, 0.6) is 5.75 Å². The Morgan fingerprint density at radius 1 is 1.33 bits per heavy atom. The van der Waals surface area contributed by atoms with Gasteiger partial charge in [-0.25, -0.2) is 9.97 Å². The average molecular weight is 460 g/mol. The summed E-state index contributed by atoms with van der Waals surface area (Å²) in [6, 6.07) is 7.22. The van der Waals surface area contributed by atoms with Gasteiger partial charge in [-0.2, -0.15) is 18.4 Å². The average Bonchev–Trinajstić information content (AvgIpc) is 3.16. The van der Waals surface area contributed by atoms with Crippen LogP contribution >= 0.6 is 0 Å². The molecule has 1 N–H and O–H groups in total. The van der Waals surface area contributed by atoms with Gasteiger partial charge in [0.1, 0.15) is 17.3 Å². The Kier molecular flexibility index (Phi) is 7.18. The number of likely N-dealkylation sites (N-methyl/N-ethyl adjacent to an activating group) is 2. The van der Waals surface area contributed by atoms with E-state index in [0.717, 1.165) is 6.07 Å². The number of hydrogen-bond acceptors (Lipinski definition) is 6. The molecular formula is C22H23F3N6O2. The van der Waals surface area contributed by atoms with Gasteiger partial charge in [0, 0.05) is 26.2 Å². The summed E-state index contributed by atoms with van der Waals surface area (Å²) in [4.78, 5) is 21.5. The molecule has 33 heavy (non-hydrogen) atoms. The molecule has 0 saturated heterocycles. The van der Waals surface area contributed by atoms with E-state index in [1.54, 1.807) is 31.8 Å². The molecule has 3 rings (SSSR count). The number of aromatic nitrogens is 3. The van der Waals surface area contributed by atoms with Crippen LogP contribution in [0.15, 0.2) is 30.6 Å². The van der Waals surface area contributed by atoms with Crippen LogP contribution in [0.4, 0.5) is 13.2 Å². The molecule has 0 aliphatic rings. The number of benzene rings is 1. The number of hydrogen-bond donors (Lipinski definition) is 1. The molecule has 2 heterocycles. The zero-order valence-electron chi connectivity index (χ0n) is 18.4. The first kappa shape index (κ1) is 24.0. The summed E-state index contributed by atoms with van der Waals surface area (Å²) >= 11 is 0. The van der Waals surface area contributed by atoms with Gasteiger partial charge in [-0.1, -0.05) is 0 Å². The Morgan fingerprint density at radius 3 is 2.76 bits per heavy atom. The van der Waals surface area contributed by atoms with Crippen molar-refractivity contribution < 1.29 is 22.7 Å². The largest absolute Gasteiger partial charge is 0.493 e. The number of rotatable bonds is 8. The fourth-order valence-electron chi connectivity index (χ4n) is 3.28. The van der Waals surface area contributed by atoms with Crippen molar-refractivity contribution in [2.75, 3.05) is 33.8 Å². The minimum Gasteiger partial charge on any atom is -0.493 e. The number of imidazole rings is 1. The third-order valence-electron chi connectivity index (χ3n) is 5.05. The molecule has 0 atom stereocenters. The van der Waals surface area contributed by atoms with Gasteiger partial charge >= 0.3 is 6.18 Å². The van der Waals surface area contributed by atoms with Gasteiger partial charge in [0.25, 0.3) is 0 Å². The lowest BCUT2D eigenvalue weighted by molar-refractivity contribution is -0.138. The van der Waals surface area contributed by atoms with Crippen LogP contribution in [0.2, 0.25) is 0 Å². The number of pyridine rings is 1. The Labute approximate surface area is 188 Å². The second kappa shape index (κ2) is 9.87. The zero-order valence-corrected chi connectivity index (χ0v) is 18.4. The fourth-order valence-corrected chi connectivity index (χ4v) is 3.28. The fraction of sp³-hybridized carbons (Fsp3) is 0.364. The molecule has 0 radical (unpaired) electrons. The van der Waals surface area contributed by atoms with E-state index in [4.69, 9.17) is 4.74 Å². The van der Waals surface area contributed by atoms with Crippen molar-refractivity contribution in [3.8, 4) is 23.1 Å². The molecule has 174 valence electrons. The van der Waals surface area contributed by atoms with Crippen molar-refractivity contribution in [2.45, 2.75) is 12.6 Å². The van der Waals surface area contributed by atoms with E-state index in [1.807, 2.05) is 6.07 Å². The smallest absolute Gasteiger partial charge is 0.419 e. The number of amides is 1. The normalized spacial score (nSPS) is 11.4. The van der Waals surface area contributed by atoms with E-state index in [-0.39, 0.29) is 41.8 Å². The number of nitrogens with one attached hydrogen (secondary N) is 1. The number of aryl methyl sites for hydroxylation is 1. The molecule has 0 spiro atoms. The number of ether oxygens (including phenoxy) is 1. The molecule has 3 aromatic rings. The van der Waals surface area contributed by atoms with Gasteiger partial charge in [0.05, 0.1) is 36.3 Å². The molecule has 8 nitrogen and oxygen atoms in total. The highest BCUT2D eigenvalue weighted by molar-refractivity contribution is 5.84. The Balaban J connectivity index is 1.83. The van der Waals surface area contributed by atoms with Crippen molar-refractivity contribution in [1.29, 1.82) is 5.26 Å². The van der Waals surface area contributed by atoms with E-state index in [9.17, 15) is 23.2 Å². The van der Waals surface area contributed by atoms with Gasteiger partial charge in [-0.05, 0) is 37.7 Å². The number of nitrogens with zero attached hydrogens (tertiary/aromatic N) is 5. The van der Waals surface area contributed by atoms with Gasteiger partial charge < -0.3 is 19.5 Å². The number of alkyl halides is 3. The van der Waals surface area contributed by atoms with Crippen LogP contribution in [-0.4, -0.2) is 59.1 Å². The van der Waals surface area contributed by atoms with Crippen molar-refractivity contribution in [1.82, 2.24) is 24.8 Å². The van der Waals surface area contributed by atoms with Crippen molar-refractivity contribution in [3.05, 3.63) is 41.9 Å². The van der Waals surface area contributed by atoms with Crippen LogP contribution < -0.4 is 10.1 Å². The molecule has 0 aliphatic heterocycles. The highest BCUT2D eigenvalue weighted by Crippen LogP contribution is 2.39. The van der Waals surface area contributed by atoms with E-state index in [1.165, 1.54) is 23.4 Å². The minimum absolute atomic E-state index is 0.0113. The molecule has 2 aromatic heterocycles. The predicted octanol–water partition coefficient (Wildman–Crippen LogP) is 2.97. The SMILES string of the molecule is CNCC(=O)N(C)CCCOc1ccc(-c2cc3c(ncn3C)c(C#N)n2)cc1C(F)(F)F. The summed E-state index contributed by atoms with van der Waals surface area (Å²) in [6.07, 6.45) is -2.77. The summed E-state index contributed by atoms with van der Waals surface area (Å²) in [7, 11) is 5.00. The number of carbonyl (C=O) groups excluding carboxylic acids is 1. The standard InChI is InChI=1S/C22H23F3N6O2/c1-27-12-20(32)30(2)7-4-8-33-19-6-5-14(9-15(19)22(23,24)25)16-10-18-21(17(11-26)29-16)28-13-31(18)3/h5-6,9-10,13,27H,4,7-8,12H2,1-3H3. The number of carbonyl (C=O) groups is 1. The third kappa shape index (κ3) is 5.40. The second-order valence-corrected chi connectivity index (χ2v) is 7.45. The van der Waals surface area contributed by atoms with Gasteiger partial charge in [-0.15, -0.1) is 0 Å². The number of halogens is 3. The molecule has 0 aliphatic carbocycles. The van der Waals surface area contributed by atoms with E-state index in [2.05, 4.69) is 15.3 Å². The molecular weight excluding hydrogens is 437 g/mol. The maximum absolute atomic E-state index is 13.8. The Bertz CT molecular complexity index is 1200. The van der Waals surface area contributed by atoms with Gasteiger partial charge in [-0.3, -0.25) is 4.79 Å². The van der Waals surface area contributed by atoms with E-state index < -0.39 is 11.7 Å². The first-order valence-electron chi connectivity index (χ1n) is 10.1. The highest BCUT2D eigenvalue weighted by atomic mass is 19.4. The summed E-state index contributed by atoms with van der Waals surface area (Å²) in [5, 5.41) is 12.1. The third-order valence-corrected chi connectivity index (χ3v) is 5.05. The van der Waals surface area contributed by atoms with Gasteiger partial charge in [0.15, 0.2) is 5.69 Å². The van der Waals surface area contributed by atoms with E-state index in [0.29, 0.717) is 24.0 Å². The Morgan fingerprint density at radius 2 is 2.09 bits per heavy atom. The molecule has 1 aromatic carbocycles. The highest BCUT2D eigenvalue weighted by Gasteiger charge is 2.35. The molecule has 11 heteroatoms. The van der Waals surface area contributed by atoms with Crippen molar-refractivity contribution in [2.24, 2.45) is 7.05 Å². The zero-order chi connectivity index (χ0) is 24.2. The predicted molar refractivity (Wildman–Crippen MR) is 115 cm³/mol. The maximum Gasteiger partial charge on any atom is 0.419 e. The topological polar surface area (TPSA) is 96.1 Å². The molecule has 0 fully saturated rings. The van der Waals surface area contributed by atoms with Crippen LogP contribution in [0.25, 0.3) is 22.3 Å². The maximum atomic E-state index is 13.8. The van der Waals surface area contributed by atoms with E-state index >= 15 is 0 Å². The Hall–Kier alpha value is -3.65. The quantitative estimate of drug-likeness (QED) is 0.520. The van der Waals surface area contributed by atoms with Crippen molar-refractivity contribution in [3.63, 3.8) is 0 Å². The lowest BCUT2D eigenvalue weighted by Crippen LogP contribution is -2.35. The first-order chi connectivity index (χ1) is 15.7. The minimum atomic E-state index is -4.65.